The summed E-state index contributed by atoms with van der Waals surface area (Å²) in [4.78, 5) is 39.3. The molecule has 2 aliphatic carbocycles. The highest BCUT2D eigenvalue weighted by Gasteiger charge is 2.64. The van der Waals surface area contributed by atoms with Gasteiger partial charge in [0.2, 0.25) is 5.91 Å². The Morgan fingerprint density at radius 3 is 2.52 bits per heavy atom. The van der Waals surface area contributed by atoms with E-state index in [4.69, 9.17) is 0 Å². The Kier molecular flexibility index (Phi) is 6.00. The zero-order chi connectivity index (χ0) is 21.5. The van der Waals surface area contributed by atoms with E-state index in [0.717, 1.165) is 18.1 Å². The highest BCUT2D eigenvalue weighted by atomic mass is 16.3. The lowest BCUT2D eigenvalue weighted by Crippen LogP contribution is -2.51. The van der Waals surface area contributed by atoms with E-state index in [1.54, 1.807) is 0 Å². The van der Waals surface area contributed by atoms with Crippen molar-refractivity contribution in [3.63, 3.8) is 0 Å². The molecule has 0 aromatic heterocycles. The molecule has 1 fully saturated rings. The molecule has 3 rings (SSSR count). The number of allylic oxidation sites excluding steroid dienone is 5. The van der Waals surface area contributed by atoms with E-state index in [1.807, 2.05) is 13.0 Å². The number of ketones is 2. The first-order valence-corrected chi connectivity index (χ1v) is 10.7. The lowest BCUT2D eigenvalue weighted by atomic mass is 9.55. The number of hydrogen-bond acceptors (Lipinski definition) is 4. The first-order chi connectivity index (χ1) is 13.6. The van der Waals surface area contributed by atoms with Crippen molar-refractivity contribution in [3.05, 3.63) is 35.5 Å². The summed E-state index contributed by atoms with van der Waals surface area (Å²) in [5.74, 6) is -1.12. The molecule has 6 atom stereocenters. The van der Waals surface area contributed by atoms with Crippen LogP contribution in [-0.2, 0) is 14.4 Å². The average Bonchev–Trinajstić information content (AvgIpc) is 2.93. The number of carbonyl (C=O) groups is 3. The molecular formula is C24H33NO4. The minimum absolute atomic E-state index is 0.0754. The number of hydrogen-bond donors (Lipinski definition) is 2. The Morgan fingerprint density at radius 2 is 1.86 bits per heavy atom. The van der Waals surface area contributed by atoms with Crippen LogP contribution in [0.2, 0.25) is 0 Å². The number of rotatable bonds is 2. The smallest absolute Gasteiger partial charge is 0.235 e. The Bertz CT molecular complexity index is 806. The molecule has 2 N–H and O–H groups in total. The molecular weight excluding hydrogens is 366 g/mol. The van der Waals surface area contributed by atoms with Gasteiger partial charge in [-0.05, 0) is 57.1 Å². The number of aliphatic hydroxyl groups excluding tert-OH is 1. The van der Waals surface area contributed by atoms with E-state index >= 15 is 0 Å². The summed E-state index contributed by atoms with van der Waals surface area (Å²) in [6.45, 7) is 10.3. The molecule has 3 aliphatic rings. The largest absolute Gasteiger partial charge is 0.385 e. The molecule has 1 heterocycles. The molecule has 0 radical (unpaired) electrons. The van der Waals surface area contributed by atoms with Gasteiger partial charge in [-0.25, -0.2) is 0 Å². The summed E-state index contributed by atoms with van der Waals surface area (Å²) in [5.41, 5.74) is 0.923. The summed E-state index contributed by atoms with van der Waals surface area (Å²) >= 11 is 0. The predicted molar refractivity (Wildman–Crippen MR) is 112 cm³/mol. The lowest BCUT2D eigenvalue weighted by Gasteiger charge is -2.44. The summed E-state index contributed by atoms with van der Waals surface area (Å²) < 4.78 is 0. The maximum absolute atomic E-state index is 13.6. The highest BCUT2D eigenvalue weighted by molar-refractivity contribution is 6.15. The van der Waals surface area contributed by atoms with E-state index in [9.17, 15) is 19.5 Å². The second-order valence-electron chi connectivity index (χ2n) is 9.50. The van der Waals surface area contributed by atoms with Crippen LogP contribution in [0.1, 0.15) is 53.9 Å². The van der Waals surface area contributed by atoms with Gasteiger partial charge in [-0.15, -0.1) is 0 Å². The number of aliphatic hydroxyl groups is 1. The van der Waals surface area contributed by atoms with Gasteiger partial charge < -0.3 is 10.4 Å². The van der Waals surface area contributed by atoms with Gasteiger partial charge in [-0.1, -0.05) is 44.1 Å². The lowest BCUT2D eigenvalue weighted by molar-refractivity contribution is -0.142. The normalized spacial score (nSPS) is 40.9. The van der Waals surface area contributed by atoms with Crippen molar-refractivity contribution in [3.8, 4) is 0 Å². The molecule has 0 aromatic rings. The van der Waals surface area contributed by atoms with E-state index in [2.05, 4.69) is 39.1 Å². The van der Waals surface area contributed by atoms with E-state index in [-0.39, 0.29) is 35.5 Å². The van der Waals surface area contributed by atoms with Crippen molar-refractivity contribution in [2.45, 2.75) is 66.0 Å². The van der Waals surface area contributed by atoms with Gasteiger partial charge in [0.1, 0.15) is 11.5 Å². The summed E-state index contributed by atoms with van der Waals surface area (Å²) in [6, 6.07) is -0.0823. The van der Waals surface area contributed by atoms with Gasteiger partial charge in [0.15, 0.2) is 11.6 Å². The quantitative estimate of drug-likeness (QED) is 0.552. The van der Waals surface area contributed by atoms with Crippen molar-refractivity contribution >= 4 is 17.5 Å². The maximum atomic E-state index is 13.6. The minimum atomic E-state index is -1.24. The van der Waals surface area contributed by atoms with Crippen molar-refractivity contribution in [1.29, 1.82) is 0 Å². The first kappa shape index (κ1) is 21.7. The monoisotopic (exact) mass is 399 g/mol. The third-order valence-corrected chi connectivity index (χ3v) is 7.01. The van der Waals surface area contributed by atoms with Crippen LogP contribution < -0.4 is 5.32 Å². The fraction of sp³-hybridized carbons (Fsp3) is 0.625. The van der Waals surface area contributed by atoms with Crippen LogP contribution in [0.25, 0.3) is 0 Å². The molecule has 1 saturated heterocycles. The second-order valence-corrected chi connectivity index (χ2v) is 9.50. The zero-order valence-corrected chi connectivity index (χ0v) is 18.1. The van der Waals surface area contributed by atoms with Gasteiger partial charge >= 0.3 is 0 Å². The van der Waals surface area contributed by atoms with E-state index in [0.29, 0.717) is 18.8 Å². The van der Waals surface area contributed by atoms with E-state index < -0.39 is 17.3 Å². The molecule has 1 spiro atoms. The molecule has 0 bridgehead atoms. The third kappa shape index (κ3) is 3.65. The van der Waals surface area contributed by atoms with Gasteiger partial charge in [0.25, 0.3) is 0 Å². The van der Waals surface area contributed by atoms with Gasteiger partial charge in [0.05, 0.1) is 0 Å². The number of carbonyl (C=O) groups excluding carboxylic acids is 3. The summed E-state index contributed by atoms with van der Waals surface area (Å²) in [5, 5.41) is 13.2. The number of nitrogens with one attached hydrogen (secondary N) is 1. The van der Waals surface area contributed by atoms with Crippen LogP contribution in [-0.4, -0.2) is 34.7 Å². The third-order valence-electron chi connectivity index (χ3n) is 7.01. The Balaban J connectivity index is 2.21. The van der Waals surface area contributed by atoms with Crippen molar-refractivity contribution in [2.24, 2.45) is 29.1 Å². The van der Waals surface area contributed by atoms with Crippen LogP contribution in [0.3, 0.4) is 0 Å². The van der Waals surface area contributed by atoms with Crippen molar-refractivity contribution in [2.75, 3.05) is 0 Å². The van der Waals surface area contributed by atoms with Crippen molar-refractivity contribution < 1.29 is 19.5 Å². The van der Waals surface area contributed by atoms with Crippen LogP contribution in [0.15, 0.2) is 35.5 Å². The van der Waals surface area contributed by atoms with E-state index in [1.165, 1.54) is 11.6 Å². The fourth-order valence-electron chi connectivity index (χ4n) is 5.45. The van der Waals surface area contributed by atoms with Gasteiger partial charge in [0, 0.05) is 17.9 Å². The van der Waals surface area contributed by atoms with Gasteiger partial charge in [-0.2, -0.15) is 0 Å². The summed E-state index contributed by atoms with van der Waals surface area (Å²) in [7, 11) is 0. The Hall–Kier alpha value is -2.01. The SMILES string of the molecule is CC1=C[C@@H]2/C=C(\C)CC[C@@H](O)C(=O)/C=C/C(=O)[C@@]23C(=O)N[C@@H](CC(C)C)[C@@H]3[C@@H]1C. The molecule has 1 amide bonds. The molecule has 0 unspecified atom stereocenters. The zero-order valence-electron chi connectivity index (χ0n) is 18.1. The molecule has 5 heteroatoms. The molecule has 0 saturated carbocycles. The second kappa shape index (κ2) is 8.02. The molecule has 0 aromatic carbocycles. The predicted octanol–water partition coefficient (Wildman–Crippen LogP) is 3.14. The average molecular weight is 400 g/mol. The van der Waals surface area contributed by atoms with Gasteiger partial charge in [-0.3, -0.25) is 14.4 Å². The topological polar surface area (TPSA) is 83.5 Å². The van der Waals surface area contributed by atoms with Crippen molar-refractivity contribution in [1.82, 2.24) is 5.32 Å². The van der Waals surface area contributed by atoms with Crippen LogP contribution in [0, 0.1) is 29.1 Å². The Labute approximate surface area is 173 Å². The highest BCUT2D eigenvalue weighted by Crippen LogP contribution is 2.55. The fourth-order valence-corrected chi connectivity index (χ4v) is 5.45. The molecule has 1 aliphatic heterocycles. The van der Waals surface area contributed by atoms with Crippen LogP contribution >= 0.6 is 0 Å². The molecule has 5 nitrogen and oxygen atoms in total. The molecule has 158 valence electrons. The maximum Gasteiger partial charge on any atom is 0.235 e. The number of amides is 1. The van der Waals surface area contributed by atoms with Crippen LogP contribution in [0.5, 0.6) is 0 Å². The first-order valence-electron chi connectivity index (χ1n) is 10.7. The van der Waals surface area contributed by atoms with Crippen LogP contribution in [0.4, 0.5) is 0 Å². The standard InChI is InChI=1S/C24H33NO4/c1-13(2)10-18-22-16(5)15(4)12-17-11-14(3)6-7-19(26)20(27)8-9-21(28)24(17,22)23(29)25-18/h8-9,11-13,16-19,22,26H,6-7,10H2,1-5H3,(H,25,29)/b9-8+,14-11+/t16-,17+,18+,19-,22+,24+/m1/s1. The minimum Gasteiger partial charge on any atom is -0.385 e. The summed E-state index contributed by atoms with van der Waals surface area (Å²) in [6.07, 6.45) is 7.00. The molecule has 29 heavy (non-hydrogen) atoms. The Morgan fingerprint density at radius 1 is 1.17 bits per heavy atom.